The summed E-state index contributed by atoms with van der Waals surface area (Å²) < 4.78 is 24.4. The lowest BCUT2D eigenvalue weighted by Crippen LogP contribution is -2.70. The van der Waals surface area contributed by atoms with Crippen LogP contribution in [0.15, 0.2) is 11.6 Å². The lowest BCUT2D eigenvalue weighted by molar-refractivity contribution is -0.263. The van der Waals surface area contributed by atoms with Gasteiger partial charge in [-0.3, -0.25) is 19.3 Å². The number of allylic oxidation sites excluding steroid dienone is 1. The molecule has 5 fully saturated rings. The number of morpholine rings is 1. The van der Waals surface area contributed by atoms with Crippen LogP contribution in [-0.2, 0) is 33.3 Å². The van der Waals surface area contributed by atoms with Crippen molar-refractivity contribution in [1.29, 1.82) is 0 Å². The van der Waals surface area contributed by atoms with E-state index in [1.54, 1.807) is 0 Å². The fourth-order valence-corrected chi connectivity index (χ4v) is 12.2. The monoisotopic (exact) mass is 657 g/mol. The molecule has 0 aromatic rings. The Morgan fingerprint density at radius 3 is 2.32 bits per heavy atom. The molecule has 4 aliphatic carbocycles. The number of hydrogen-bond donors (Lipinski definition) is 1. The third kappa shape index (κ3) is 5.22. The van der Waals surface area contributed by atoms with Gasteiger partial charge in [-0.1, -0.05) is 60.1 Å². The molecule has 1 N–H and O–H groups in total. The first-order valence-electron chi connectivity index (χ1n) is 18.2. The van der Waals surface area contributed by atoms with Crippen LogP contribution in [0.1, 0.15) is 93.9 Å². The Balaban J connectivity index is 1.37. The van der Waals surface area contributed by atoms with Crippen LogP contribution >= 0.6 is 0 Å². The highest BCUT2D eigenvalue weighted by Gasteiger charge is 2.72. The van der Waals surface area contributed by atoms with E-state index in [1.807, 2.05) is 0 Å². The average molecular weight is 658 g/mol. The van der Waals surface area contributed by atoms with Gasteiger partial charge < -0.3 is 24.1 Å². The fraction of sp³-hybridized carbons (Fsp3) is 0.868. The van der Waals surface area contributed by atoms with E-state index in [4.69, 9.17) is 18.9 Å². The fourth-order valence-electron chi connectivity index (χ4n) is 12.2. The molecule has 2 bridgehead atoms. The van der Waals surface area contributed by atoms with E-state index in [2.05, 4.69) is 59.4 Å². The molecule has 6 aliphatic rings. The molecular formula is C38H59NO8. The minimum atomic E-state index is -0.667. The molecule has 2 saturated heterocycles. The van der Waals surface area contributed by atoms with Crippen LogP contribution in [-0.4, -0.2) is 86.2 Å². The number of aliphatic carboxylic acids is 1. The molecule has 11 atom stereocenters. The Morgan fingerprint density at radius 2 is 1.68 bits per heavy atom. The molecule has 0 spiro atoms. The maximum atomic E-state index is 13.4. The summed E-state index contributed by atoms with van der Waals surface area (Å²) in [6.45, 7) is 20.9. The first-order valence-corrected chi connectivity index (χ1v) is 18.2. The summed E-state index contributed by atoms with van der Waals surface area (Å²) in [5, 5.41) is 11.0. The van der Waals surface area contributed by atoms with Crippen molar-refractivity contribution in [2.75, 3.05) is 46.1 Å². The van der Waals surface area contributed by atoms with Gasteiger partial charge in [0.15, 0.2) is 0 Å². The van der Waals surface area contributed by atoms with Gasteiger partial charge in [-0.25, -0.2) is 0 Å². The van der Waals surface area contributed by atoms with Gasteiger partial charge in [-0.05, 0) is 78.4 Å². The topological polar surface area (TPSA) is 112 Å². The summed E-state index contributed by atoms with van der Waals surface area (Å²) >= 11 is 0. The molecule has 47 heavy (non-hydrogen) atoms. The molecule has 2 heterocycles. The molecule has 9 heteroatoms. The maximum absolute atomic E-state index is 13.4. The Morgan fingerprint density at radius 1 is 0.979 bits per heavy atom. The molecule has 0 amide bonds. The molecule has 3 saturated carbocycles. The second kappa shape index (κ2) is 12.1. The number of fused-ring (bicyclic) bond motifs is 3. The average Bonchev–Trinajstić information content (AvgIpc) is 2.99. The minimum Gasteiger partial charge on any atom is -0.481 e. The number of esters is 2. The Hall–Kier alpha value is -1.97. The van der Waals surface area contributed by atoms with Crippen molar-refractivity contribution in [2.24, 2.45) is 56.7 Å². The van der Waals surface area contributed by atoms with Crippen molar-refractivity contribution in [1.82, 2.24) is 4.90 Å². The standard InChI is InChI=1S/C38H59NO8/c1-23(2)24(3)34(5)13-14-36(7)26-9-10-29-35(6)21-45-22-38(29,27(26)11-12-37(36,8)31(34)33(42)43)19-28(46-25(4)40)32(35)47-30(41)20-39-15-17-44-18-16-39/h11,23-24,26,28-29,31-32H,9-10,12-22H2,1-8H3,(H,42,43)/t24-,26+,28-,29+,31-,32+,34-,35-,36-,37+,38+/m1/s1. The number of carbonyl (C=O) groups is 3. The lowest BCUT2D eigenvalue weighted by Gasteiger charge is -2.71. The van der Waals surface area contributed by atoms with Crippen LogP contribution < -0.4 is 0 Å². The van der Waals surface area contributed by atoms with Crippen LogP contribution in [0.5, 0.6) is 0 Å². The third-order valence-corrected chi connectivity index (χ3v) is 15.1. The van der Waals surface area contributed by atoms with Gasteiger partial charge >= 0.3 is 17.9 Å². The SMILES string of the molecule is CC(=O)O[C@@H]1C[C@@]23COC[C@](C)([C@@H]2CC[C@H]2C3=CC[C@@]3(C)[C@H](C(=O)O)[C@@](C)([C@H](C)C(C)C)CC[C@]23C)[C@H]1OC(=O)CN1CCOCC1. The predicted molar refractivity (Wildman–Crippen MR) is 176 cm³/mol. The number of carboxylic acid groups (broad SMARTS) is 1. The van der Waals surface area contributed by atoms with Crippen molar-refractivity contribution in [3.8, 4) is 0 Å². The number of rotatable bonds is 7. The summed E-state index contributed by atoms with van der Waals surface area (Å²) in [6, 6.07) is 0. The number of carbonyl (C=O) groups excluding carboxylic acids is 2. The Kier molecular flexibility index (Phi) is 8.99. The molecule has 0 radical (unpaired) electrons. The molecule has 264 valence electrons. The van der Waals surface area contributed by atoms with Gasteiger partial charge in [0.2, 0.25) is 0 Å². The molecule has 0 aromatic carbocycles. The van der Waals surface area contributed by atoms with Crippen LogP contribution in [0.2, 0.25) is 0 Å². The number of ether oxygens (including phenoxy) is 4. The van der Waals surface area contributed by atoms with Crippen LogP contribution in [0.3, 0.4) is 0 Å². The first-order chi connectivity index (χ1) is 22.0. The third-order valence-electron chi connectivity index (χ3n) is 15.1. The molecule has 2 aliphatic heterocycles. The van der Waals surface area contributed by atoms with E-state index in [9.17, 15) is 19.5 Å². The van der Waals surface area contributed by atoms with E-state index in [1.165, 1.54) is 12.5 Å². The van der Waals surface area contributed by atoms with E-state index in [-0.39, 0.29) is 52.5 Å². The van der Waals surface area contributed by atoms with Crippen molar-refractivity contribution in [3.63, 3.8) is 0 Å². The van der Waals surface area contributed by atoms with Crippen LogP contribution in [0, 0.1) is 56.7 Å². The summed E-state index contributed by atoms with van der Waals surface area (Å²) in [5.74, 6) is -0.721. The zero-order valence-electron chi connectivity index (χ0n) is 30.1. The number of hydrogen-bond acceptors (Lipinski definition) is 8. The maximum Gasteiger partial charge on any atom is 0.320 e. The van der Waals surface area contributed by atoms with Gasteiger partial charge in [-0.15, -0.1) is 0 Å². The second-order valence-electron chi connectivity index (χ2n) is 17.5. The van der Waals surface area contributed by atoms with Gasteiger partial charge in [-0.2, -0.15) is 0 Å². The summed E-state index contributed by atoms with van der Waals surface area (Å²) in [6.07, 6.45) is 6.23. The van der Waals surface area contributed by atoms with Gasteiger partial charge in [0, 0.05) is 30.8 Å². The zero-order chi connectivity index (χ0) is 34.2. The summed E-state index contributed by atoms with van der Waals surface area (Å²) in [7, 11) is 0. The van der Waals surface area contributed by atoms with Gasteiger partial charge in [0.05, 0.1) is 38.9 Å². The smallest absolute Gasteiger partial charge is 0.320 e. The Labute approximate surface area is 281 Å². The van der Waals surface area contributed by atoms with Crippen molar-refractivity contribution in [2.45, 2.75) is 106 Å². The summed E-state index contributed by atoms with van der Waals surface area (Å²) in [5.41, 5.74) is -0.440. The number of nitrogens with zero attached hydrogens (tertiary/aromatic N) is 1. The van der Waals surface area contributed by atoms with Gasteiger partial charge in [0.1, 0.15) is 12.2 Å². The zero-order valence-corrected chi connectivity index (χ0v) is 30.1. The van der Waals surface area contributed by atoms with Crippen LogP contribution in [0.4, 0.5) is 0 Å². The molecule has 9 nitrogen and oxygen atoms in total. The van der Waals surface area contributed by atoms with Gasteiger partial charge in [0.25, 0.3) is 0 Å². The van der Waals surface area contributed by atoms with E-state index in [0.29, 0.717) is 58.3 Å². The van der Waals surface area contributed by atoms with Crippen molar-refractivity contribution < 1.29 is 38.4 Å². The quantitative estimate of drug-likeness (QED) is 0.270. The number of carboxylic acids is 1. The van der Waals surface area contributed by atoms with E-state index < -0.39 is 34.9 Å². The highest BCUT2D eigenvalue weighted by atomic mass is 16.6. The highest BCUT2D eigenvalue weighted by molar-refractivity contribution is 5.73. The Bertz CT molecular complexity index is 1290. The second-order valence-corrected chi connectivity index (χ2v) is 17.5. The molecular weight excluding hydrogens is 598 g/mol. The highest BCUT2D eigenvalue weighted by Crippen LogP contribution is 2.75. The molecule has 0 unspecified atom stereocenters. The van der Waals surface area contributed by atoms with Crippen LogP contribution in [0.25, 0.3) is 0 Å². The van der Waals surface area contributed by atoms with Crippen molar-refractivity contribution >= 4 is 17.9 Å². The minimum absolute atomic E-state index is 0.183. The predicted octanol–water partition coefficient (Wildman–Crippen LogP) is 5.75. The molecule has 0 aromatic heterocycles. The molecule has 6 rings (SSSR count). The first kappa shape index (κ1) is 34.9. The summed E-state index contributed by atoms with van der Waals surface area (Å²) in [4.78, 5) is 41.4. The van der Waals surface area contributed by atoms with E-state index in [0.717, 1.165) is 25.7 Å². The largest absolute Gasteiger partial charge is 0.481 e. The normalized spacial score (nSPS) is 45.5. The lowest BCUT2D eigenvalue weighted by atomic mass is 9.34. The van der Waals surface area contributed by atoms with Crippen molar-refractivity contribution in [3.05, 3.63) is 11.6 Å². The van der Waals surface area contributed by atoms with E-state index >= 15 is 0 Å².